The molecule has 0 aromatic carbocycles. The van der Waals surface area contributed by atoms with Crippen molar-refractivity contribution in [1.82, 2.24) is 5.32 Å². The summed E-state index contributed by atoms with van der Waals surface area (Å²) in [5.74, 6) is -0.0216. The number of aryl methyl sites for hydroxylation is 2. The summed E-state index contributed by atoms with van der Waals surface area (Å²) in [5.41, 5.74) is 1.19. The summed E-state index contributed by atoms with van der Waals surface area (Å²) in [5, 5.41) is 11.7. The van der Waals surface area contributed by atoms with E-state index in [9.17, 15) is 9.59 Å². The zero-order valence-electron chi connectivity index (χ0n) is 12.0. The molecule has 1 rings (SSSR count). The smallest absolute Gasteiger partial charge is 0.326 e. The summed E-state index contributed by atoms with van der Waals surface area (Å²) in [6.45, 7) is 9.11. The molecule has 1 amide bonds. The van der Waals surface area contributed by atoms with Crippen molar-refractivity contribution in [3.05, 3.63) is 22.6 Å². The molecule has 1 atom stereocenters. The van der Waals surface area contributed by atoms with Gasteiger partial charge in [-0.2, -0.15) is 0 Å². The number of carboxylic acid groups (broad SMARTS) is 1. The number of carboxylic acids is 1. The van der Waals surface area contributed by atoms with E-state index in [4.69, 9.17) is 9.52 Å². The third-order valence-corrected chi connectivity index (χ3v) is 3.10. The summed E-state index contributed by atoms with van der Waals surface area (Å²) >= 11 is 0. The highest BCUT2D eigenvalue weighted by atomic mass is 16.4. The topological polar surface area (TPSA) is 79.5 Å². The van der Waals surface area contributed by atoms with Crippen LogP contribution in [0.3, 0.4) is 0 Å². The van der Waals surface area contributed by atoms with Crippen molar-refractivity contribution in [2.45, 2.75) is 47.1 Å². The molecular formula is C14H21NO4. The van der Waals surface area contributed by atoms with Gasteiger partial charge in [0.25, 0.3) is 5.91 Å². The second-order valence-corrected chi connectivity index (χ2v) is 5.21. The van der Waals surface area contributed by atoms with Crippen molar-refractivity contribution in [3.8, 4) is 0 Å². The van der Waals surface area contributed by atoms with Crippen LogP contribution in [0.5, 0.6) is 0 Å². The SMILES string of the molecule is Cc1oc(C)c(C(=O)N[C@H](CC(C)C)C(=O)O)c1C. The molecular weight excluding hydrogens is 246 g/mol. The minimum absolute atomic E-state index is 0.190. The van der Waals surface area contributed by atoms with E-state index in [2.05, 4.69) is 5.32 Å². The van der Waals surface area contributed by atoms with E-state index in [-0.39, 0.29) is 11.8 Å². The lowest BCUT2D eigenvalue weighted by atomic mass is 10.0. The molecule has 1 aromatic rings. The van der Waals surface area contributed by atoms with Crippen LogP contribution in [0.1, 0.15) is 47.7 Å². The summed E-state index contributed by atoms with van der Waals surface area (Å²) in [6.07, 6.45) is 0.399. The molecule has 5 heteroatoms. The van der Waals surface area contributed by atoms with Crippen LogP contribution in [0.25, 0.3) is 0 Å². The lowest BCUT2D eigenvalue weighted by molar-refractivity contribution is -0.139. The number of hydrogen-bond acceptors (Lipinski definition) is 3. The maximum Gasteiger partial charge on any atom is 0.326 e. The van der Waals surface area contributed by atoms with Crippen molar-refractivity contribution in [2.24, 2.45) is 5.92 Å². The molecule has 0 aliphatic heterocycles. The average molecular weight is 267 g/mol. The Morgan fingerprint density at radius 2 is 1.79 bits per heavy atom. The fourth-order valence-corrected chi connectivity index (χ4v) is 2.05. The second kappa shape index (κ2) is 5.91. The predicted octanol–water partition coefficient (Wildman–Crippen LogP) is 2.43. The van der Waals surface area contributed by atoms with Crippen LogP contribution in [-0.2, 0) is 4.79 Å². The van der Waals surface area contributed by atoms with Crippen molar-refractivity contribution >= 4 is 11.9 Å². The number of carbonyl (C=O) groups excluding carboxylic acids is 1. The first-order valence-corrected chi connectivity index (χ1v) is 6.34. The lowest BCUT2D eigenvalue weighted by Crippen LogP contribution is -2.41. The molecule has 0 saturated heterocycles. The summed E-state index contributed by atoms with van der Waals surface area (Å²) < 4.78 is 5.38. The highest BCUT2D eigenvalue weighted by Crippen LogP contribution is 2.20. The van der Waals surface area contributed by atoms with E-state index in [0.29, 0.717) is 23.5 Å². The van der Waals surface area contributed by atoms with Crippen molar-refractivity contribution < 1.29 is 19.1 Å². The molecule has 1 heterocycles. The van der Waals surface area contributed by atoms with Crippen molar-refractivity contribution in [1.29, 1.82) is 0 Å². The minimum Gasteiger partial charge on any atom is -0.480 e. The van der Waals surface area contributed by atoms with Gasteiger partial charge in [0.2, 0.25) is 0 Å². The zero-order valence-corrected chi connectivity index (χ0v) is 12.0. The lowest BCUT2D eigenvalue weighted by Gasteiger charge is -2.16. The molecule has 0 bridgehead atoms. The number of aliphatic carboxylic acids is 1. The van der Waals surface area contributed by atoms with Crippen LogP contribution in [0.15, 0.2) is 4.42 Å². The Morgan fingerprint density at radius 3 is 2.16 bits per heavy atom. The maximum absolute atomic E-state index is 12.2. The van der Waals surface area contributed by atoms with Gasteiger partial charge in [0.15, 0.2) is 0 Å². The highest BCUT2D eigenvalue weighted by Gasteiger charge is 2.25. The van der Waals surface area contributed by atoms with Crippen LogP contribution in [0.4, 0.5) is 0 Å². The number of furan rings is 1. The van der Waals surface area contributed by atoms with Gasteiger partial charge < -0.3 is 14.8 Å². The quantitative estimate of drug-likeness (QED) is 0.858. The Labute approximate surface area is 113 Å². The number of nitrogens with one attached hydrogen (secondary N) is 1. The standard InChI is InChI=1S/C14H21NO4/c1-7(2)6-11(14(17)18)15-13(16)12-8(3)9(4)19-10(12)5/h7,11H,6H2,1-5H3,(H,15,16)(H,17,18)/t11-/m1/s1. The molecule has 2 N–H and O–H groups in total. The Hall–Kier alpha value is -1.78. The molecule has 0 fully saturated rings. The van der Waals surface area contributed by atoms with Crippen LogP contribution in [-0.4, -0.2) is 23.0 Å². The minimum atomic E-state index is -1.02. The fraction of sp³-hybridized carbons (Fsp3) is 0.571. The maximum atomic E-state index is 12.2. The van der Waals surface area contributed by atoms with E-state index in [1.807, 2.05) is 13.8 Å². The third kappa shape index (κ3) is 3.59. The normalized spacial score (nSPS) is 12.5. The number of hydrogen-bond donors (Lipinski definition) is 2. The van der Waals surface area contributed by atoms with Gasteiger partial charge in [0, 0.05) is 5.56 Å². The van der Waals surface area contributed by atoms with E-state index in [1.165, 1.54) is 0 Å². The van der Waals surface area contributed by atoms with Gasteiger partial charge >= 0.3 is 5.97 Å². The largest absolute Gasteiger partial charge is 0.480 e. The predicted molar refractivity (Wildman–Crippen MR) is 71.3 cm³/mol. The van der Waals surface area contributed by atoms with Gasteiger partial charge in [0.05, 0.1) is 5.56 Å². The third-order valence-electron chi connectivity index (χ3n) is 3.10. The van der Waals surface area contributed by atoms with E-state index >= 15 is 0 Å². The molecule has 0 aliphatic carbocycles. The van der Waals surface area contributed by atoms with Crippen LogP contribution in [0, 0.1) is 26.7 Å². The van der Waals surface area contributed by atoms with Gasteiger partial charge in [-0.3, -0.25) is 4.79 Å². The number of amides is 1. The van der Waals surface area contributed by atoms with Crippen LogP contribution in [0.2, 0.25) is 0 Å². The van der Waals surface area contributed by atoms with Gasteiger partial charge in [-0.1, -0.05) is 13.8 Å². The van der Waals surface area contributed by atoms with Crippen LogP contribution < -0.4 is 5.32 Å². The van der Waals surface area contributed by atoms with Crippen LogP contribution >= 0.6 is 0 Å². The van der Waals surface area contributed by atoms with Gasteiger partial charge in [-0.25, -0.2) is 4.79 Å². The molecule has 0 spiro atoms. The van der Waals surface area contributed by atoms with E-state index in [0.717, 1.165) is 5.56 Å². The number of rotatable bonds is 5. The van der Waals surface area contributed by atoms with Gasteiger partial charge in [-0.15, -0.1) is 0 Å². The summed E-state index contributed by atoms with van der Waals surface area (Å²) in [4.78, 5) is 23.3. The first-order valence-electron chi connectivity index (χ1n) is 6.34. The Morgan fingerprint density at radius 1 is 1.21 bits per heavy atom. The van der Waals surface area contributed by atoms with Gasteiger partial charge in [0.1, 0.15) is 17.6 Å². The summed E-state index contributed by atoms with van der Waals surface area (Å²) in [7, 11) is 0. The first kappa shape index (κ1) is 15.3. The fourth-order valence-electron chi connectivity index (χ4n) is 2.05. The monoisotopic (exact) mass is 267 g/mol. The molecule has 0 unspecified atom stereocenters. The Kier molecular flexibility index (Phi) is 4.75. The molecule has 5 nitrogen and oxygen atoms in total. The highest BCUT2D eigenvalue weighted by molar-refractivity contribution is 5.98. The van der Waals surface area contributed by atoms with Gasteiger partial charge in [-0.05, 0) is 33.1 Å². The Balaban J connectivity index is 2.91. The van der Waals surface area contributed by atoms with E-state index in [1.54, 1.807) is 20.8 Å². The zero-order chi connectivity index (χ0) is 14.7. The molecule has 0 aliphatic rings. The van der Waals surface area contributed by atoms with Crippen molar-refractivity contribution in [3.63, 3.8) is 0 Å². The second-order valence-electron chi connectivity index (χ2n) is 5.21. The van der Waals surface area contributed by atoms with Crippen molar-refractivity contribution in [2.75, 3.05) is 0 Å². The molecule has 106 valence electrons. The average Bonchev–Trinajstić information content (AvgIpc) is 2.51. The molecule has 1 aromatic heterocycles. The van der Waals surface area contributed by atoms with E-state index < -0.39 is 12.0 Å². The molecule has 0 radical (unpaired) electrons. The molecule has 0 saturated carbocycles. The first-order chi connectivity index (χ1) is 8.73. The Bertz CT molecular complexity index is 488. The molecule has 19 heavy (non-hydrogen) atoms. The summed E-state index contributed by atoms with van der Waals surface area (Å²) in [6, 6.07) is -0.874. The number of carbonyl (C=O) groups is 2.